The van der Waals surface area contributed by atoms with E-state index in [4.69, 9.17) is 4.74 Å². The summed E-state index contributed by atoms with van der Waals surface area (Å²) in [5.74, 6) is 0.917. The Kier molecular flexibility index (Phi) is 5.01. The van der Waals surface area contributed by atoms with E-state index in [0.29, 0.717) is 6.61 Å². The molecule has 4 heteroatoms. The van der Waals surface area contributed by atoms with Crippen LogP contribution in [0.5, 0.6) is 5.75 Å². The maximum absolute atomic E-state index is 11.6. The van der Waals surface area contributed by atoms with Crippen LogP contribution in [-0.4, -0.2) is 41.1 Å². The zero-order chi connectivity index (χ0) is 15.5. The molecule has 0 radical (unpaired) electrons. The molecule has 0 spiro atoms. The number of ether oxygens (including phenoxy) is 1. The van der Waals surface area contributed by atoms with Crippen LogP contribution in [0.4, 0.5) is 0 Å². The van der Waals surface area contributed by atoms with Gasteiger partial charge in [0, 0.05) is 30.8 Å². The topological polar surface area (TPSA) is 49.8 Å². The molecule has 1 heterocycles. The molecule has 0 aliphatic carbocycles. The van der Waals surface area contributed by atoms with Crippen molar-refractivity contribution in [3.8, 4) is 5.75 Å². The van der Waals surface area contributed by atoms with Gasteiger partial charge < -0.3 is 9.84 Å². The second-order valence-corrected chi connectivity index (χ2v) is 6.08. The predicted octanol–water partition coefficient (Wildman–Crippen LogP) is 2.63. The third-order valence-electron chi connectivity index (χ3n) is 4.09. The van der Waals surface area contributed by atoms with Gasteiger partial charge in [0.25, 0.3) is 0 Å². The minimum absolute atomic E-state index is 0.0703. The van der Waals surface area contributed by atoms with Crippen LogP contribution in [0, 0.1) is 0 Å². The fourth-order valence-electron chi connectivity index (χ4n) is 2.65. The Morgan fingerprint density at radius 2 is 2.05 bits per heavy atom. The van der Waals surface area contributed by atoms with Gasteiger partial charge in [-0.15, -0.1) is 0 Å². The Balaban J connectivity index is 2.13. The molecule has 1 fully saturated rings. The highest BCUT2D eigenvalue weighted by atomic mass is 16.5. The summed E-state index contributed by atoms with van der Waals surface area (Å²) >= 11 is 0. The van der Waals surface area contributed by atoms with Crippen molar-refractivity contribution in [2.24, 2.45) is 0 Å². The summed E-state index contributed by atoms with van der Waals surface area (Å²) in [6.45, 7) is 8.53. The van der Waals surface area contributed by atoms with E-state index in [2.05, 4.69) is 4.90 Å². The van der Waals surface area contributed by atoms with Crippen molar-refractivity contribution in [3.05, 3.63) is 29.3 Å². The van der Waals surface area contributed by atoms with Crippen LogP contribution in [0.1, 0.15) is 49.5 Å². The molecule has 2 rings (SSSR count). The molecule has 21 heavy (non-hydrogen) atoms. The third-order valence-corrected chi connectivity index (χ3v) is 4.09. The van der Waals surface area contributed by atoms with Gasteiger partial charge in [0.1, 0.15) is 5.75 Å². The van der Waals surface area contributed by atoms with Crippen LogP contribution >= 0.6 is 0 Å². The number of benzene rings is 1. The number of ketones is 1. The predicted molar refractivity (Wildman–Crippen MR) is 82.8 cm³/mol. The summed E-state index contributed by atoms with van der Waals surface area (Å²) in [5, 5.41) is 10.0. The van der Waals surface area contributed by atoms with Crippen molar-refractivity contribution < 1.29 is 14.6 Å². The molecule has 4 nitrogen and oxygen atoms in total. The van der Waals surface area contributed by atoms with Gasteiger partial charge >= 0.3 is 0 Å². The van der Waals surface area contributed by atoms with E-state index in [1.165, 1.54) is 0 Å². The summed E-state index contributed by atoms with van der Waals surface area (Å²) in [4.78, 5) is 13.9. The number of carbonyl (C=O) groups is 1. The smallest absolute Gasteiger partial charge is 0.159 e. The Morgan fingerprint density at radius 3 is 2.62 bits per heavy atom. The molecule has 1 N–H and O–H groups in total. The zero-order valence-electron chi connectivity index (χ0n) is 13.2. The number of carbonyl (C=O) groups excluding carboxylic acids is 1. The van der Waals surface area contributed by atoms with Crippen molar-refractivity contribution in [1.82, 2.24) is 4.90 Å². The van der Waals surface area contributed by atoms with Crippen LogP contribution in [0.2, 0.25) is 0 Å². The Hall–Kier alpha value is -1.39. The first kappa shape index (κ1) is 16.0. The number of hydrogen-bond donors (Lipinski definition) is 1. The standard InChI is InChI=1S/C17H25NO3/c1-4-21-16-6-5-14(13(2)19)11-15(16)12-18-9-7-17(3,20)8-10-18/h5-6,11,20H,4,7-10,12H2,1-3H3. The first-order valence-corrected chi connectivity index (χ1v) is 7.63. The Labute approximate surface area is 126 Å². The number of likely N-dealkylation sites (tertiary alicyclic amines) is 1. The lowest BCUT2D eigenvalue weighted by atomic mass is 9.93. The SMILES string of the molecule is CCOc1ccc(C(C)=O)cc1CN1CCC(C)(O)CC1. The first-order chi connectivity index (χ1) is 9.91. The van der Waals surface area contributed by atoms with Crippen LogP contribution in [0.25, 0.3) is 0 Å². The van der Waals surface area contributed by atoms with E-state index >= 15 is 0 Å². The van der Waals surface area contributed by atoms with Gasteiger partial charge in [-0.3, -0.25) is 9.69 Å². The minimum Gasteiger partial charge on any atom is -0.494 e. The zero-order valence-corrected chi connectivity index (χ0v) is 13.2. The maximum atomic E-state index is 11.6. The van der Waals surface area contributed by atoms with E-state index in [0.717, 1.165) is 49.4 Å². The molecular weight excluding hydrogens is 266 g/mol. The summed E-state index contributed by atoms with van der Waals surface area (Å²) in [6.07, 6.45) is 1.56. The van der Waals surface area contributed by atoms with Gasteiger partial charge in [-0.1, -0.05) is 0 Å². The summed E-state index contributed by atoms with van der Waals surface area (Å²) < 4.78 is 5.67. The van der Waals surface area contributed by atoms with E-state index in [1.54, 1.807) is 6.92 Å². The minimum atomic E-state index is -0.541. The molecule has 1 aliphatic heterocycles. The van der Waals surface area contributed by atoms with E-state index < -0.39 is 5.60 Å². The lowest BCUT2D eigenvalue weighted by Crippen LogP contribution is -2.42. The average Bonchev–Trinajstić information content (AvgIpc) is 2.43. The van der Waals surface area contributed by atoms with Gasteiger partial charge in [0.15, 0.2) is 5.78 Å². The van der Waals surface area contributed by atoms with Gasteiger partial charge in [0.05, 0.1) is 12.2 Å². The molecule has 0 unspecified atom stereocenters. The van der Waals surface area contributed by atoms with Crippen molar-refractivity contribution in [2.75, 3.05) is 19.7 Å². The van der Waals surface area contributed by atoms with E-state index in [9.17, 15) is 9.90 Å². The Bertz CT molecular complexity index is 501. The number of aliphatic hydroxyl groups is 1. The fourth-order valence-corrected chi connectivity index (χ4v) is 2.65. The van der Waals surface area contributed by atoms with Crippen LogP contribution < -0.4 is 4.74 Å². The molecular formula is C17H25NO3. The normalized spacial score (nSPS) is 18.5. The molecule has 116 valence electrons. The van der Waals surface area contributed by atoms with Gasteiger partial charge in [-0.05, 0) is 51.8 Å². The van der Waals surface area contributed by atoms with Crippen LogP contribution in [-0.2, 0) is 6.54 Å². The molecule has 0 bridgehead atoms. The van der Waals surface area contributed by atoms with Crippen molar-refractivity contribution >= 4 is 5.78 Å². The van der Waals surface area contributed by atoms with Crippen LogP contribution in [0.15, 0.2) is 18.2 Å². The molecule has 0 atom stereocenters. The molecule has 1 aromatic carbocycles. The first-order valence-electron chi connectivity index (χ1n) is 7.63. The molecule has 0 aromatic heterocycles. The maximum Gasteiger partial charge on any atom is 0.159 e. The van der Waals surface area contributed by atoms with Gasteiger partial charge in [-0.25, -0.2) is 0 Å². The van der Waals surface area contributed by atoms with Crippen molar-refractivity contribution in [2.45, 2.75) is 45.8 Å². The average molecular weight is 291 g/mol. The molecule has 1 saturated heterocycles. The van der Waals surface area contributed by atoms with E-state index in [-0.39, 0.29) is 5.78 Å². The Morgan fingerprint density at radius 1 is 1.38 bits per heavy atom. The van der Waals surface area contributed by atoms with E-state index in [1.807, 2.05) is 32.0 Å². The highest BCUT2D eigenvalue weighted by Gasteiger charge is 2.27. The molecule has 0 amide bonds. The second kappa shape index (κ2) is 6.58. The number of Topliss-reactive ketones (excluding diaryl/α,β-unsaturated/α-hetero) is 1. The van der Waals surface area contributed by atoms with Crippen LogP contribution in [0.3, 0.4) is 0 Å². The largest absolute Gasteiger partial charge is 0.494 e. The number of piperidine rings is 1. The van der Waals surface area contributed by atoms with Crippen molar-refractivity contribution in [1.29, 1.82) is 0 Å². The van der Waals surface area contributed by atoms with Gasteiger partial charge in [-0.2, -0.15) is 0 Å². The molecule has 0 saturated carbocycles. The molecule has 1 aliphatic rings. The second-order valence-electron chi connectivity index (χ2n) is 6.08. The lowest BCUT2D eigenvalue weighted by molar-refractivity contribution is -0.00744. The monoisotopic (exact) mass is 291 g/mol. The lowest BCUT2D eigenvalue weighted by Gasteiger charge is -2.36. The highest BCUT2D eigenvalue weighted by Crippen LogP contribution is 2.26. The van der Waals surface area contributed by atoms with Gasteiger partial charge in [0.2, 0.25) is 0 Å². The fraction of sp³-hybridized carbons (Fsp3) is 0.588. The summed E-state index contributed by atoms with van der Waals surface area (Å²) in [5.41, 5.74) is 1.23. The van der Waals surface area contributed by atoms with Crippen molar-refractivity contribution in [3.63, 3.8) is 0 Å². The molecule has 1 aromatic rings. The quantitative estimate of drug-likeness (QED) is 0.847. The number of rotatable bonds is 5. The summed E-state index contributed by atoms with van der Waals surface area (Å²) in [7, 11) is 0. The summed E-state index contributed by atoms with van der Waals surface area (Å²) in [6, 6.07) is 5.63. The number of nitrogens with zero attached hydrogens (tertiary/aromatic N) is 1. The highest BCUT2D eigenvalue weighted by molar-refractivity contribution is 5.94. The number of hydrogen-bond acceptors (Lipinski definition) is 4. The third kappa shape index (κ3) is 4.29.